The minimum atomic E-state index is -3.57. The molecule has 1 aliphatic rings. The monoisotopic (exact) mass is 273 g/mol. The molecular weight excluding hydrogens is 258 g/mol. The number of hydrogen-bond acceptors (Lipinski definition) is 4. The number of aliphatic carboxylic acids is 1. The Morgan fingerprint density at radius 3 is 2.83 bits per heavy atom. The van der Waals surface area contributed by atoms with E-state index >= 15 is 0 Å². The molecule has 7 nitrogen and oxygen atoms in total. The van der Waals surface area contributed by atoms with E-state index in [4.69, 9.17) is 5.11 Å². The normalized spacial score (nSPS) is 16.4. The highest BCUT2D eigenvalue weighted by molar-refractivity contribution is 7.89. The van der Waals surface area contributed by atoms with Gasteiger partial charge in [-0.05, 0) is 18.8 Å². The summed E-state index contributed by atoms with van der Waals surface area (Å²) in [6, 6.07) is 0. The van der Waals surface area contributed by atoms with Crippen molar-refractivity contribution in [2.75, 3.05) is 6.54 Å². The topological polar surface area (TPSA) is 101 Å². The second kappa shape index (κ2) is 5.07. The number of nitrogens with zero attached hydrogens (tertiary/aromatic N) is 2. The number of sulfonamides is 1. The van der Waals surface area contributed by atoms with Crippen LogP contribution in [0.5, 0.6) is 0 Å². The number of carboxylic acids is 1. The van der Waals surface area contributed by atoms with Gasteiger partial charge in [0.2, 0.25) is 10.0 Å². The summed E-state index contributed by atoms with van der Waals surface area (Å²) in [4.78, 5) is 10.5. The minimum absolute atomic E-state index is 0.00285. The van der Waals surface area contributed by atoms with Crippen molar-refractivity contribution in [3.05, 3.63) is 12.4 Å². The average molecular weight is 273 g/mol. The zero-order chi connectivity index (χ0) is 13.2. The number of carboxylic acid groups (broad SMARTS) is 1. The number of rotatable bonds is 6. The molecule has 0 atom stereocenters. The third kappa shape index (κ3) is 3.08. The molecule has 1 saturated carbocycles. The SMILES string of the molecule is O=C(O)Cn1cc(S(=O)(=O)NCC2CCC2)cn1. The molecule has 2 rings (SSSR count). The Kier molecular flexibility index (Phi) is 3.67. The van der Waals surface area contributed by atoms with E-state index in [1.165, 1.54) is 6.20 Å². The maximum absolute atomic E-state index is 11.9. The fourth-order valence-electron chi connectivity index (χ4n) is 1.72. The summed E-state index contributed by atoms with van der Waals surface area (Å²) in [7, 11) is -3.57. The molecule has 1 aliphatic carbocycles. The number of carbonyl (C=O) groups is 1. The Labute approximate surface area is 105 Å². The van der Waals surface area contributed by atoms with Gasteiger partial charge in [0.15, 0.2) is 0 Å². The number of hydrogen-bond donors (Lipinski definition) is 2. The highest BCUT2D eigenvalue weighted by atomic mass is 32.2. The highest BCUT2D eigenvalue weighted by Crippen LogP contribution is 2.25. The van der Waals surface area contributed by atoms with Gasteiger partial charge in [0.05, 0.1) is 6.20 Å². The van der Waals surface area contributed by atoms with Crippen LogP contribution in [-0.2, 0) is 21.4 Å². The quantitative estimate of drug-likeness (QED) is 0.762. The van der Waals surface area contributed by atoms with Crippen LogP contribution < -0.4 is 4.72 Å². The van der Waals surface area contributed by atoms with E-state index in [-0.39, 0.29) is 11.4 Å². The van der Waals surface area contributed by atoms with E-state index in [2.05, 4.69) is 9.82 Å². The Morgan fingerprint density at radius 2 is 2.28 bits per heavy atom. The molecule has 0 bridgehead atoms. The lowest BCUT2D eigenvalue weighted by Crippen LogP contribution is -2.32. The second-order valence-corrected chi connectivity index (χ2v) is 6.18. The zero-order valence-electron chi connectivity index (χ0n) is 9.74. The van der Waals surface area contributed by atoms with Crippen molar-refractivity contribution in [3.8, 4) is 0 Å². The summed E-state index contributed by atoms with van der Waals surface area (Å²) in [6.07, 6.45) is 5.65. The van der Waals surface area contributed by atoms with Gasteiger partial charge in [-0.15, -0.1) is 0 Å². The van der Waals surface area contributed by atoms with Gasteiger partial charge in [-0.3, -0.25) is 9.48 Å². The molecule has 1 fully saturated rings. The molecule has 18 heavy (non-hydrogen) atoms. The van der Waals surface area contributed by atoms with Crippen LogP contribution in [0.15, 0.2) is 17.3 Å². The predicted molar refractivity (Wildman–Crippen MR) is 62.4 cm³/mol. The third-order valence-electron chi connectivity index (χ3n) is 3.00. The van der Waals surface area contributed by atoms with Crippen LogP contribution in [0.25, 0.3) is 0 Å². The van der Waals surface area contributed by atoms with Crippen molar-refractivity contribution in [3.63, 3.8) is 0 Å². The Morgan fingerprint density at radius 1 is 1.56 bits per heavy atom. The van der Waals surface area contributed by atoms with E-state index in [0.29, 0.717) is 12.5 Å². The lowest BCUT2D eigenvalue weighted by Gasteiger charge is -2.25. The molecule has 0 spiro atoms. The van der Waals surface area contributed by atoms with Crippen molar-refractivity contribution in [1.29, 1.82) is 0 Å². The van der Waals surface area contributed by atoms with Crippen LogP contribution in [0, 0.1) is 5.92 Å². The first kappa shape index (κ1) is 13.0. The average Bonchev–Trinajstić information content (AvgIpc) is 2.63. The molecule has 2 N–H and O–H groups in total. The largest absolute Gasteiger partial charge is 0.480 e. The van der Waals surface area contributed by atoms with Crippen molar-refractivity contribution < 1.29 is 18.3 Å². The van der Waals surface area contributed by atoms with E-state index in [0.717, 1.165) is 30.1 Å². The summed E-state index contributed by atoms with van der Waals surface area (Å²) in [5.41, 5.74) is 0. The Bertz CT molecular complexity index is 533. The van der Waals surface area contributed by atoms with Crippen LogP contribution in [0.2, 0.25) is 0 Å². The van der Waals surface area contributed by atoms with Gasteiger partial charge >= 0.3 is 5.97 Å². The van der Waals surface area contributed by atoms with Crippen LogP contribution in [0.4, 0.5) is 0 Å². The predicted octanol–water partition coefficient (Wildman–Crippen LogP) is 0.0461. The van der Waals surface area contributed by atoms with Crippen LogP contribution in [0.3, 0.4) is 0 Å². The van der Waals surface area contributed by atoms with E-state index in [1.807, 2.05) is 0 Å². The number of aromatic nitrogens is 2. The first-order valence-electron chi connectivity index (χ1n) is 5.71. The summed E-state index contributed by atoms with van der Waals surface area (Å²) in [5.74, 6) is -0.640. The Hall–Kier alpha value is -1.41. The van der Waals surface area contributed by atoms with Gasteiger partial charge in [0.25, 0.3) is 0 Å². The smallest absolute Gasteiger partial charge is 0.325 e. The fraction of sp³-hybridized carbons (Fsp3) is 0.600. The van der Waals surface area contributed by atoms with Gasteiger partial charge in [-0.2, -0.15) is 5.10 Å². The molecule has 0 aromatic carbocycles. The highest BCUT2D eigenvalue weighted by Gasteiger charge is 2.22. The minimum Gasteiger partial charge on any atom is -0.480 e. The molecule has 8 heteroatoms. The van der Waals surface area contributed by atoms with Crippen molar-refractivity contribution in [2.24, 2.45) is 5.92 Å². The maximum atomic E-state index is 11.9. The molecule has 0 radical (unpaired) electrons. The van der Waals surface area contributed by atoms with Crippen LogP contribution in [0.1, 0.15) is 19.3 Å². The number of nitrogens with one attached hydrogen (secondary N) is 1. The van der Waals surface area contributed by atoms with Crippen LogP contribution in [-0.4, -0.2) is 35.8 Å². The molecule has 1 aromatic rings. The molecule has 1 aromatic heterocycles. The van der Waals surface area contributed by atoms with Gasteiger partial charge < -0.3 is 5.11 Å². The van der Waals surface area contributed by atoms with Gasteiger partial charge in [0.1, 0.15) is 11.4 Å². The molecule has 1 heterocycles. The first-order valence-corrected chi connectivity index (χ1v) is 7.19. The van der Waals surface area contributed by atoms with Crippen LogP contribution >= 0.6 is 0 Å². The van der Waals surface area contributed by atoms with E-state index in [9.17, 15) is 13.2 Å². The summed E-state index contributed by atoms with van der Waals surface area (Å²) >= 11 is 0. The third-order valence-corrected chi connectivity index (χ3v) is 4.38. The van der Waals surface area contributed by atoms with Crippen molar-refractivity contribution in [2.45, 2.75) is 30.7 Å². The molecule has 0 saturated heterocycles. The van der Waals surface area contributed by atoms with E-state index in [1.54, 1.807) is 0 Å². The van der Waals surface area contributed by atoms with Crippen molar-refractivity contribution in [1.82, 2.24) is 14.5 Å². The van der Waals surface area contributed by atoms with Gasteiger partial charge in [0, 0.05) is 12.7 Å². The van der Waals surface area contributed by atoms with Crippen molar-refractivity contribution >= 4 is 16.0 Å². The summed E-state index contributed by atoms with van der Waals surface area (Å²) in [6.45, 7) is 0.0879. The first-order chi connectivity index (χ1) is 8.47. The standard InChI is InChI=1S/C10H15N3O4S/c14-10(15)7-13-6-9(5-11-13)18(16,17)12-4-8-2-1-3-8/h5-6,8,12H,1-4,7H2,(H,14,15). The van der Waals surface area contributed by atoms with Gasteiger partial charge in [-0.1, -0.05) is 6.42 Å². The summed E-state index contributed by atoms with van der Waals surface area (Å²) in [5, 5.41) is 12.3. The lowest BCUT2D eigenvalue weighted by molar-refractivity contribution is -0.137. The fourth-order valence-corrected chi connectivity index (χ4v) is 2.78. The summed E-state index contributed by atoms with van der Waals surface area (Å²) < 4.78 is 27.3. The molecule has 0 unspecified atom stereocenters. The lowest BCUT2D eigenvalue weighted by atomic mass is 9.86. The van der Waals surface area contributed by atoms with Gasteiger partial charge in [-0.25, -0.2) is 13.1 Å². The van der Waals surface area contributed by atoms with E-state index < -0.39 is 16.0 Å². The Balaban J connectivity index is 1.99. The zero-order valence-corrected chi connectivity index (χ0v) is 10.6. The molecule has 0 aliphatic heterocycles. The molecule has 0 amide bonds. The second-order valence-electron chi connectivity index (χ2n) is 4.42. The molecular formula is C10H15N3O4S. The maximum Gasteiger partial charge on any atom is 0.325 e. The molecule has 100 valence electrons.